The average Bonchev–Trinajstić information content (AvgIpc) is 2.97. The second-order valence-electron chi connectivity index (χ2n) is 10.7. The smallest absolute Gasteiger partial charge is 0.333 e. The van der Waals surface area contributed by atoms with Gasteiger partial charge in [-0.3, -0.25) is 0 Å². The molecule has 3 aromatic rings. The minimum Gasteiger partial charge on any atom is -0.493 e. The second kappa shape index (κ2) is 14.8. The molecule has 0 aliphatic heterocycles. The van der Waals surface area contributed by atoms with Gasteiger partial charge in [0.2, 0.25) is 0 Å². The van der Waals surface area contributed by atoms with E-state index in [1.807, 2.05) is 13.0 Å². The summed E-state index contributed by atoms with van der Waals surface area (Å²) in [5.41, 5.74) is 7.86. The third kappa shape index (κ3) is 8.06. The van der Waals surface area contributed by atoms with Crippen molar-refractivity contribution >= 4 is 5.97 Å². The summed E-state index contributed by atoms with van der Waals surface area (Å²) in [6, 6.07) is 21.3. The summed E-state index contributed by atoms with van der Waals surface area (Å²) in [5.74, 6) is 0.305. The molecule has 0 amide bonds. The zero-order valence-corrected chi connectivity index (χ0v) is 24.5. The van der Waals surface area contributed by atoms with E-state index in [1.165, 1.54) is 22.3 Å². The van der Waals surface area contributed by atoms with Gasteiger partial charge in [0.05, 0.1) is 26.4 Å². The van der Waals surface area contributed by atoms with E-state index in [-0.39, 0.29) is 19.8 Å². The Bertz CT molecular complexity index is 1270. The number of aliphatic hydroxyl groups is 2. The van der Waals surface area contributed by atoms with Crippen molar-refractivity contribution in [1.82, 2.24) is 0 Å². The number of carbonyl (C=O) groups excluding carboxylic acids is 1. The molecule has 0 spiro atoms. The Balaban J connectivity index is 1.89. The van der Waals surface area contributed by atoms with Crippen LogP contribution in [0.15, 0.2) is 72.8 Å². The van der Waals surface area contributed by atoms with Crippen LogP contribution in [0, 0.1) is 12.3 Å². The standard InChI is InChI=1S/C35H44O5/c1-6-17-35(23-36,24-37)18-20-39-33-15-13-30(22-31(33)16-19-40-34(38)25(3)4)32-14-12-29(21-27(32)7-2)28-10-8-26(5)9-11-28/h8-15,21-22,36-37H,3,6-7,16-20,23-24H2,1-2,4-5H3. The summed E-state index contributed by atoms with van der Waals surface area (Å²) in [7, 11) is 0. The molecule has 0 fully saturated rings. The Hall–Kier alpha value is -3.41. The van der Waals surface area contributed by atoms with Gasteiger partial charge in [-0.25, -0.2) is 4.79 Å². The van der Waals surface area contributed by atoms with Crippen LogP contribution < -0.4 is 4.74 Å². The maximum absolute atomic E-state index is 12.0. The average molecular weight is 545 g/mol. The Labute approximate surface area is 239 Å². The van der Waals surface area contributed by atoms with Gasteiger partial charge in [0.15, 0.2) is 0 Å². The molecule has 0 unspecified atom stereocenters. The molecule has 0 bridgehead atoms. The zero-order valence-electron chi connectivity index (χ0n) is 24.5. The van der Waals surface area contributed by atoms with Gasteiger partial charge in [-0.1, -0.05) is 80.9 Å². The van der Waals surface area contributed by atoms with Gasteiger partial charge < -0.3 is 19.7 Å². The number of hydrogen-bond donors (Lipinski definition) is 2. The molecule has 3 rings (SSSR count). The van der Waals surface area contributed by atoms with E-state index >= 15 is 0 Å². The van der Waals surface area contributed by atoms with Crippen molar-refractivity contribution in [2.24, 2.45) is 5.41 Å². The highest BCUT2D eigenvalue weighted by atomic mass is 16.5. The first-order valence-corrected chi connectivity index (χ1v) is 14.3. The van der Waals surface area contributed by atoms with Crippen LogP contribution in [0.2, 0.25) is 0 Å². The number of aliphatic hydroxyl groups excluding tert-OH is 2. The first kappa shape index (κ1) is 31.1. The van der Waals surface area contributed by atoms with E-state index in [1.54, 1.807) is 6.92 Å². The highest BCUT2D eigenvalue weighted by Crippen LogP contribution is 2.34. The van der Waals surface area contributed by atoms with E-state index in [2.05, 4.69) is 75.0 Å². The largest absolute Gasteiger partial charge is 0.493 e. The Kier molecular flexibility index (Phi) is 11.5. The SMILES string of the molecule is C=C(C)C(=O)OCCc1cc(-c2ccc(-c3ccc(C)cc3)cc2CC)ccc1OCCC(CO)(CO)CCC. The van der Waals surface area contributed by atoms with Gasteiger partial charge >= 0.3 is 5.97 Å². The van der Waals surface area contributed by atoms with E-state index in [4.69, 9.17) is 9.47 Å². The fraction of sp³-hybridized carbons (Fsp3) is 0.400. The van der Waals surface area contributed by atoms with Crippen LogP contribution in [0.5, 0.6) is 5.75 Å². The maximum atomic E-state index is 12.0. The molecule has 5 nitrogen and oxygen atoms in total. The summed E-state index contributed by atoms with van der Waals surface area (Å²) in [6.07, 6.45) is 3.52. The third-order valence-corrected chi connectivity index (χ3v) is 7.54. The van der Waals surface area contributed by atoms with Gasteiger partial charge in [0.1, 0.15) is 5.75 Å². The van der Waals surface area contributed by atoms with Crippen LogP contribution in [0.1, 0.15) is 56.7 Å². The first-order chi connectivity index (χ1) is 19.3. The van der Waals surface area contributed by atoms with Crippen LogP contribution in [0.3, 0.4) is 0 Å². The quantitative estimate of drug-likeness (QED) is 0.158. The Morgan fingerprint density at radius 1 is 0.850 bits per heavy atom. The molecular weight excluding hydrogens is 500 g/mol. The van der Waals surface area contributed by atoms with E-state index < -0.39 is 11.4 Å². The lowest BCUT2D eigenvalue weighted by Gasteiger charge is -2.29. The summed E-state index contributed by atoms with van der Waals surface area (Å²) < 4.78 is 11.6. The number of ether oxygens (including phenoxy) is 2. The van der Waals surface area contributed by atoms with Crippen LogP contribution in [-0.4, -0.2) is 42.6 Å². The number of rotatable bonds is 15. The fourth-order valence-electron chi connectivity index (χ4n) is 4.95. The Morgan fingerprint density at radius 2 is 1.50 bits per heavy atom. The third-order valence-electron chi connectivity index (χ3n) is 7.54. The summed E-state index contributed by atoms with van der Waals surface area (Å²) in [5, 5.41) is 19.8. The van der Waals surface area contributed by atoms with Gasteiger partial charge in [-0.15, -0.1) is 0 Å². The molecule has 40 heavy (non-hydrogen) atoms. The molecule has 3 aromatic carbocycles. The lowest BCUT2D eigenvalue weighted by molar-refractivity contribution is -0.138. The molecule has 0 aliphatic rings. The van der Waals surface area contributed by atoms with Crippen LogP contribution in [-0.2, 0) is 22.4 Å². The molecule has 0 saturated carbocycles. The fourth-order valence-corrected chi connectivity index (χ4v) is 4.95. The van der Waals surface area contributed by atoms with Gasteiger partial charge in [0, 0.05) is 17.4 Å². The monoisotopic (exact) mass is 544 g/mol. The van der Waals surface area contributed by atoms with E-state index in [0.717, 1.165) is 36.0 Å². The van der Waals surface area contributed by atoms with E-state index in [0.29, 0.717) is 30.8 Å². The number of benzene rings is 3. The number of aryl methyl sites for hydroxylation is 2. The molecule has 5 heteroatoms. The summed E-state index contributed by atoms with van der Waals surface area (Å²) in [6.45, 7) is 12.0. The lowest BCUT2D eigenvalue weighted by atomic mass is 9.82. The zero-order chi connectivity index (χ0) is 29.1. The molecule has 0 radical (unpaired) electrons. The molecule has 0 saturated heterocycles. The molecular formula is C35H44O5. The van der Waals surface area contributed by atoms with Crippen molar-refractivity contribution in [2.45, 2.75) is 59.8 Å². The van der Waals surface area contributed by atoms with E-state index in [9.17, 15) is 15.0 Å². The minimum absolute atomic E-state index is 0.0816. The lowest BCUT2D eigenvalue weighted by Crippen LogP contribution is -2.31. The molecule has 0 aliphatic carbocycles. The first-order valence-electron chi connectivity index (χ1n) is 14.3. The van der Waals surface area contributed by atoms with Gasteiger partial charge in [0.25, 0.3) is 0 Å². The van der Waals surface area contributed by atoms with Crippen molar-refractivity contribution in [2.75, 3.05) is 26.4 Å². The molecule has 0 heterocycles. The van der Waals surface area contributed by atoms with Crippen molar-refractivity contribution in [3.05, 3.63) is 89.5 Å². The topological polar surface area (TPSA) is 76.0 Å². The molecule has 0 atom stereocenters. The van der Waals surface area contributed by atoms with Crippen molar-refractivity contribution in [3.63, 3.8) is 0 Å². The van der Waals surface area contributed by atoms with Crippen molar-refractivity contribution < 1.29 is 24.5 Å². The maximum Gasteiger partial charge on any atom is 0.333 e. The second-order valence-corrected chi connectivity index (χ2v) is 10.7. The summed E-state index contributed by atoms with van der Waals surface area (Å²) >= 11 is 0. The number of esters is 1. The molecule has 0 aromatic heterocycles. The van der Waals surface area contributed by atoms with Crippen LogP contribution in [0.25, 0.3) is 22.3 Å². The van der Waals surface area contributed by atoms with Crippen molar-refractivity contribution in [3.8, 4) is 28.0 Å². The number of carbonyl (C=O) groups is 1. The normalized spacial score (nSPS) is 11.3. The van der Waals surface area contributed by atoms with Crippen LogP contribution in [0.4, 0.5) is 0 Å². The van der Waals surface area contributed by atoms with Gasteiger partial charge in [-0.05, 0) is 78.6 Å². The van der Waals surface area contributed by atoms with Gasteiger partial charge in [-0.2, -0.15) is 0 Å². The summed E-state index contributed by atoms with van der Waals surface area (Å²) in [4.78, 5) is 12.0. The predicted molar refractivity (Wildman–Crippen MR) is 163 cm³/mol. The molecule has 214 valence electrons. The predicted octanol–water partition coefficient (Wildman–Crippen LogP) is 7.09. The molecule has 2 N–H and O–H groups in total. The van der Waals surface area contributed by atoms with Crippen molar-refractivity contribution in [1.29, 1.82) is 0 Å². The minimum atomic E-state index is -0.554. The highest BCUT2D eigenvalue weighted by molar-refractivity contribution is 5.86. The Morgan fingerprint density at radius 3 is 2.12 bits per heavy atom. The number of hydrogen-bond acceptors (Lipinski definition) is 5. The highest BCUT2D eigenvalue weighted by Gasteiger charge is 2.28. The van der Waals surface area contributed by atoms with Crippen LogP contribution >= 0.6 is 0 Å².